The van der Waals surface area contributed by atoms with Gasteiger partial charge in [-0.3, -0.25) is 4.79 Å². The van der Waals surface area contributed by atoms with Gasteiger partial charge in [-0.25, -0.2) is 4.39 Å². The molecular weight excluding hydrogens is 269 g/mol. The molecule has 0 aromatic heterocycles. The molecule has 0 saturated carbocycles. The van der Waals surface area contributed by atoms with E-state index in [1.54, 1.807) is 12.1 Å². The van der Waals surface area contributed by atoms with Crippen molar-refractivity contribution in [2.45, 2.75) is 19.4 Å². The number of aryl methyl sites for hydroxylation is 1. The van der Waals surface area contributed by atoms with Crippen molar-refractivity contribution in [2.75, 3.05) is 6.61 Å². The van der Waals surface area contributed by atoms with Crippen molar-refractivity contribution in [3.63, 3.8) is 0 Å². The molecule has 1 amide bonds. The van der Waals surface area contributed by atoms with Crippen LogP contribution in [-0.4, -0.2) is 12.5 Å². The van der Waals surface area contributed by atoms with E-state index < -0.39 is 11.7 Å². The maximum absolute atomic E-state index is 13.5. The summed E-state index contributed by atoms with van der Waals surface area (Å²) >= 11 is 0. The molecule has 1 N–H and O–H groups in total. The summed E-state index contributed by atoms with van der Waals surface area (Å²) in [6, 6.07) is 11.9. The average molecular weight is 285 g/mol. The lowest BCUT2D eigenvalue weighted by Crippen LogP contribution is -2.24. The first-order chi connectivity index (χ1) is 10.2. The van der Waals surface area contributed by atoms with Gasteiger partial charge in [-0.1, -0.05) is 24.3 Å². The van der Waals surface area contributed by atoms with Crippen molar-refractivity contribution in [3.05, 3.63) is 65.0 Å². The van der Waals surface area contributed by atoms with Gasteiger partial charge < -0.3 is 10.1 Å². The van der Waals surface area contributed by atoms with Crippen LogP contribution in [0.5, 0.6) is 5.75 Å². The van der Waals surface area contributed by atoms with Gasteiger partial charge in [0.15, 0.2) is 0 Å². The number of nitrogens with one attached hydrogen (secondary N) is 1. The highest BCUT2D eigenvalue weighted by Crippen LogP contribution is 2.25. The van der Waals surface area contributed by atoms with Gasteiger partial charge in [-0.15, -0.1) is 0 Å². The standard InChI is InChI=1S/C17H16FNO2/c18-15-6-2-1-5-14(15)17(20)19-11-12-7-8-16-13(10-12)4-3-9-21-16/h1-2,5-8,10H,3-4,9,11H2,(H,19,20). The Kier molecular flexibility index (Phi) is 3.86. The summed E-state index contributed by atoms with van der Waals surface area (Å²) in [4.78, 5) is 12.0. The molecule has 0 unspecified atom stereocenters. The third-order valence-electron chi connectivity index (χ3n) is 3.54. The minimum Gasteiger partial charge on any atom is -0.493 e. The predicted molar refractivity (Wildman–Crippen MR) is 77.8 cm³/mol. The second-order valence-corrected chi connectivity index (χ2v) is 5.06. The fourth-order valence-electron chi connectivity index (χ4n) is 2.45. The topological polar surface area (TPSA) is 38.3 Å². The lowest BCUT2D eigenvalue weighted by Gasteiger charge is -2.18. The number of hydrogen-bond acceptors (Lipinski definition) is 2. The SMILES string of the molecule is O=C(NCc1ccc2c(c1)CCCO2)c1ccccc1F. The Hall–Kier alpha value is -2.36. The Morgan fingerprint density at radius 2 is 2.10 bits per heavy atom. The van der Waals surface area contributed by atoms with E-state index in [-0.39, 0.29) is 5.56 Å². The van der Waals surface area contributed by atoms with E-state index in [1.807, 2.05) is 18.2 Å². The molecule has 1 heterocycles. The zero-order valence-corrected chi connectivity index (χ0v) is 11.6. The van der Waals surface area contributed by atoms with Gasteiger partial charge in [-0.2, -0.15) is 0 Å². The largest absolute Gasteiger partial charge is 0.493 e. The number of fused-ring (bicyclic) bond motifs is 1. The third kappa shape index (κ3) is 3.05. The van der Waals surface area contributed by atoms with Crippen LogP contribution in [0, 0.1) is 5.82 Å². The molecule has 0 fully saturated rings. The maximum atomic E-state index is 13.5. The first-order valence-corrected chi connectivity index (χ1v) is 7.01. The summed E-state index contributed by atoms with van der Waals surface area (Å²) in [7, 11) is 0. The van der Waals surface area contributed by atoms with Crippen LogP contribution in [0.3, 0.4) is 0 Å². The van der Waals surface area contributed by atoms with Crippen molar-refractivity contribution >= 4 is 5.91 Å². The summed E-state index contributed by atoms with van der Waals surface area (Å²) in [5.74, 6) is 0.0151. The lowest BCUT2D eigenvalue weighted by molar-refractivity contribution is 0.0947. The van der Waals surface area contributed by atoms with Gasteiger partial charge in [0.05, 0.1) is 12.2 Å². The van der Waals surface area contributed by atoms with Crippen molar-refractivity contribution in [3.8, 4) is 5.75 Å². The molecule has 0 atom stereocenters. The Morgan fingerprint density at radius 1 is 1.24 bits per heavy atom. The molecule has 0 aliphatic carbocycles. The van der Waals surface area contributed by atoms with E-state index in [2.05, 4.69) is 5.32 Å². The number of amides is 1. The Bertz CT molecular complexity index is 670. The zero-order valence-electron chi connectivity index (χ0n) is 11.6. The van der Waals surface area contributed by atoms with Gasteiger partial charge in [0.2, 0.25) is 0 Å². The maximum Gasteiger partial charge on any atom is 0.254 e. The minimum absolute atomic E-state index is 0.0683. The summed E-state index contributed by atoms with van der Waals surface area (Å²) in [6.07, 6.45) is 2.00. The smallest absolute Gasteiger partial charge is 0.254 e. The fraction of sp³-hybridized carbons (Fsp3) is 0.235. The molecular formula is C17H16FNO2. The van der Waals surface area contributed by atoms with Crippen LogP contribution in [0.1, 0.15) is 27.9 Å². The van der Waals surface area contributed by atoms with Crippen LogP contribution < -0.4 is 10.1 Å². The second-order valence-electron chi connectivity index (χ2n) is 5.06. The molecule has 108 valence electrons. The van der Waals surface area contributed by atoms with Crippen LogP contribution in [0.2, 0.25) is 0 Å². The molecule has 21 heavy (non-hydrogen) atoms. The number of halogens is 1. The highest BCUT2D eigenvalue weighted by molar-refractivity contribution is 5.94. The molecule has 0 saturated heterocycles. The first kappa shape index (κ1) is 13.6. The normalized spacial score (nSPS) is 13.2. The van der Waals surface area contributed by atoms with E-state index in [4.69, 9.17) is 4.74 Å². The van der Waals surface area contributed by atoms with E-state index in [0.717, 1.165) is 30.8 Å². The van der Waals surface area contributed by atoms with Gasteiger partial charge in [0.25, 0.3) is 5.91 Å². The van der Waals surface area contributed by atoms with Crippen molar-refractivity contribution in [1.82, 2.24) is 5.32 Å². The van der Waals surface area contributed by atoms with E-state index in [9.17, 15) is 9.18 Å². The third-order valence-corrected chi connectivity index (χ3v) is 3.54. The highest BCUT2D eigenvalue weighted by atomic mass is 19.1. The molecule has 0 bridgehead atoms. The molecule has 1 aliphatic rings. The van der Waals surface area contributed by atoms with Gasteiger partial charge >= 0.3 is 0 Å². The van der Waals surface area contributed by atoms with E-state index >= 15 is 0 Å². The lowest BCUT2D eigenvalue weighted by atomic mass is 10.0. The Balaban J connectivity index is 1.68. The Labute approximate surface area is 122 Å². The number of rotatable bonds is 3. The van der Waals surface area contributed by atoms with Gasteiger partial charge in [-0.05, 0) is 42.2 Å². The van der Waals surface area contributed by atoms with Crippen LogP contribution in [0.15, 0.2) is 42.5 Å². The molecule has 1 aliphatic heterocycles. The summed E-state index contributed by atoms with van der Waals surface area (Å²) < 4.78 is 19.1. The van der Waals surface area contributed by atoms with Crippen molar-refractivity contribution in [2.24, 2.45) is 0 Å². The molecule has 3 nitrogen and oxygen atoms in total. The quantitative estimate of drug-likeness (QED) is 0.941. The summed E-state index contributed by atoms with van der Waals surface area (Å²) in [6.45, 7) is 1.14. The van der Waals surface area contributed by atoms with E-state index in [1.165, 1.54) is 17.7 Å². The van der Waals surface area contributed by atoms with Crippen molar-refractivity contribution < 1.29 is 13.9 Å². The second kappa shape index (κ2) is 5.95. The van der Waals surface area contributed by atoms with Gasteiger partial charge in [0.1, 0.15) is 11.6 Å². The number of hydrogen-bond donors (Lipinski definition) is 1. The van der Waals surface area contributed by atoms with Crippen LogP contribution in [0.25, 0.3) is 0 Å². The van der Waals surface area contributed by atoms with Crippen LogP contribution in [0.4, 0.5) is 4.39 Å². The number of ether oxygens (including phenoxy) is 1. The number of carbonyl (C=O) groups is 1. The zero-order chi connectivity index (χ0) is 14.7. The van der Waals surface area contributed by atoms with Gasteiger partial charge in [0, 0.05) is 6.54 Å². The first-order valence-electron chi connectivity index (χ1n) is 7.01. The number of benzene rings is 2. The van der Waals surface area contributed by atoms with E-state index in [0.29, 0.717) is 6.54 Å². The van der Waals surface area contributed by atoms with Crippen molar-refractivity contribution in [1.29, 1.82) is 0 Å². The summed E-state index contributed by atoms with van der Waals surface area (Å²) in [5.41, 5.74) is 2.22. The fourth-order valence-corrected chi connectivity index (χ4v) is 2.45. The number of carbonyl (C=O) groups excluding carboxylic acids is 1. The average Bonchev–Trinajstić information content (AvgIpc) is 2.53. The monoisotopic (exact) mass is 285 g/mol. The molecule has 4 heteroatoms. The van der Waals surface area contributed by atoms with Crippen LogP contribution >= 0.6 is 0 Å². The minimum atomic E-state index is -0.506. The molecule has 2 aromatic carbocycles. The molecule has 0 radical (unpaired) electrons. The molecule has 2 aromatic rings. The Morgan fingerprint density at radius 3 is 2.95 bits per heavy atom. The molecule has 3 rings (SSSR count). The summed E-state index contributed by atoms with van der Waals surface area (Å²) in [5, 5.41) is 2.74. The predicted octanol–water partition coefficient (Wildman–Crippen LogP) is 3.08. The highest BCUT2D eigenvalue weighted by Gasteiger charge is 2.12. The van der Waals surface area contributed by atoms with Crippen LogP contribution in [-0.2, 0) is 13.0 Å². The molecule has 0 spiro atoms.